The number of hydrazine groups is 1. The van der Waals surface area contributed by atoms with Gasteiger partial charge in [-0.1, -0.05) is 72.3 Å². The van der Waals surface area contributed by atoms with Gasteiger partial charge in [0, 0.05) is 41.6 Å². The molecular formula is C27H28ClN5O2. The number of amides is 3. The number of aromatic amines is 1. The molecule has 8 heteroatoms. The number of urea groups is 1. The van der Waals surface area contributed by atoms with Crippen LogP contribution in [-0.2, 0) is 24.2 Å². The first-order chi connectivity index (χ1) is 17.1. The molecule has 4 rings (SSSR count). The van der Waals surface area contributed by atoms with Gasteiger partial charge in [0.15, 0.2) is 0 Å². The molecule has 1 aromatic heterocycles. The molecule has 7 nitrogen and oxygen atoms in total. The van der Waals surface area contributed by atoms with Crippen molar-refractivity contribution in [1.29, 1.82) is 0 Å². The highest BCUT2D eigenvalue weighted by molar-refractivity contribution is 6.30. The van der Waals surface area contributed by atoms with Crippen LogP contribution in [0.25, 0.3) is 10.9 Å². The van der Waals surface area contributed by atoms with Crippen LogP contribution in [0.1, 0.15) is 16.7 Å². The summed E-state index contributed by atoms with van der Waals surface area (Å²) in [6, 6.07) is 23.9. The van der Waals surface area contributed by atoms with E-state index in [9.17, 15) is 9.59 Å². The summed E-state index contributed by atoms with van der Waals surface area (Å²) < 4.78 is 0. The van der Waals surface area contributed by atoms with Gasteiger partial charge in [-0.25, -0.2) is 10.2 Å². The number of para-hydroxylation sites is 1. The largest absolute Gasteiger partial charge is 0.361 e. The van der Waals surface area contributed by atoms with Crippen molar-refractivity contribution in [2.75, 3.05) is 6.54 Å². The van der Waals surface area contributed by atoms with Crippen LogP contribution in [0.2, 0.25) is 5.02 Å². The summed E-state index contributed by atoms with van der Waals surface area (Å²) in [4.78, 5) is 28.9. The number of rotatable bonds is 10. The molecule has 1 atom stereocenters. The van der Waals surface area contributed by atoms with Crippen LogP contribution < -0.4 is 21.5 Å². The van der Waals surface area contributed by atoms with E-state index in [1.54, 1.807) is 12.1 Å². The maximum atomic E-state index is 13.1. The topological polar surface area (TPSA) is 98.1 Å². The molecule has 0 spiro atoms. The minimum atomic E-state index is -0.748. The van der Waals surface area contributed by atoms with Crippen molar-refractivity contribution in [1.82, 2.24) is 26.5 Å². The van der Waals surface area contributed by atoms with Crippen molar-refractivity contribution in [3.8, 4) is 0 Å². The van der Waals surface area contributed by atoms with E-state index in [2.05, 4.69) is 26.5 Å². The predicted octanol–water partition coefficient (Wildman–Crippen LogP) is 4.10. The molecule has 0 unspecified atom stereocenters. The number of hydrogen-bond donors (Lipinski definition) is 5. The van der Waals surface area contributed by atoms with Crippen molar-refractivity contribution in [2.24, 2.45) is 0 Å². The number of fused-ring (bicyclic) bond motifs is 1. The first-order valence-electron chi connectivity index (χ1n) is 11.5. The number of carbonyl (C=O) groups excluding carboxylic acids is 2. The van der Waals surface area contributed by atoms with E-state index in [0.717, 1.165) is 27.6 Å². The van der Waals surface area contributed by atoms with Crippen molar-refractivity contribution in [2.45, 2.75) is 25.4 Å². The third-order valence-electron chi connectivity index (χ3n) is 5.68. The monoisotopic (exact) mass is 489 g/mol. The molecule has 0 aliphatic rings. The summed E-state index contributed by atoms with van der Waals surface area (Å²) in [5.74, 6) is -0.237. The standard InChI is InChI=1S/C27H28ClN5O2/c28-22-12-10-20(11-13-22)17-31-33-27(35)32-25(16-21-18-30-24-9-5-4-8-23(21)24)26(34)29-15-14-19-6-2-1-3-7-19/h1-13,18,25,30-31H,14-17H2,(H,29,34)(H2,32,33,35)/t25-/m1/s1. The molecule has 5 N–H and O–H groups in total. The predicted molar refractivity (Wildman–Crippen MR) is 139 cm³/mol. The highest BCUT2D eigenvalue weighted by Crippen LogP contribution is 2.19. The zero-order valence-electron chi connectivity index (χ0n) is 19.2. The summed E-state index contributed by atoms with van der Waals surface area (Å²) in [6.07, 6.45) is 2.94. The van der Waals surface area contributed by atoms with Gasteiger partial charge < -0.3 is 15.6 Å². The van der Waals surface area contributed by atoms with Crippen molar-refractivity contribution in [3.05, 3.63) is 107 Å². The molecule has 0 fully saturated rings. The summed E-state index contributed by atoms with van der Waals surface area (Å²) in [5, 5.41) is 7.44. The molecule has 3 amide bonds. The maximum absolute atomic E-state index is 13.1. The van der Waals surface area contributed by atoms with Crippen LogP contribution in [0.5, 0.6) is 0 Å². The number of H-pyrrole nitrogens is 1. The number of benzene rings is 3. The Morgan fingerprint density at radius 2 is 1.63 bits per heavy atom. The Labute approximate surface area is 209 Å². The Kier molecular flexibility index (Phi) is 8.38. The van der Waals surface area contributed by atoms with E-state index >= 15 is 0 Å². The number of halogens is 1. The lowest BCUT2D eigenvalue weighted by molar-refractivity contribution is -0.122. The molecule has 0 bridgehead atoms. The summed E-state index contributed by atoms with van der Waals surface area (Å²) >= 11 is 5.91. The van der Waals surface area contributed by atoms with Crippen molar-refractivity contribution < 1.29 is 9.59 Å². The maximum Gasteiger partial charge on any atom is 0.329 e. The molecule has 0 radical (unpaired) electrons. The highest BCUT2D eigenvalue weighted by atomic mass is 35.5. The zero-order chi connectivity index (χ0) is 24.5. The van der Waals surface area contributed by atoms with Crippen LogP contribution in [0.4, 0.5) is 4.79 Å². The fourth-order valence-corrected chi connectivity index (χ4v) is 3.98. The Morgan fingerprint density at radius 1 is 0.886 bits per heavy atom. The van der Waals surface area contributed by atoms with Gasteiger partial charge in [-0.05, 0) is 41.3 Å². The summed E-state index contributed by atoms with van der Waals surface area (Å²) in [7, 11) is 0. The molecule has 0 saturated heterocycles. The minimum Gasteiger partial charge on any atom is -0.361 e. The first kappa shape index (κ1) is 24.3. The molecule has 0 aliphatic carbocycles. The van der Waals surface area contributed by atoms with Crippen molar-refractivity contribution >= 4 is 34.4 Å². The quantitative estimate of drug-likeness (QED) is 0.217. The summed E-state index contributed by atoms with van der Waals surface area (Å²) in [5.41, 5.74) is 9.53. The number of nitrogens with one attached hydrogen (secondary N) is 5. The van der Waals surface area contributed by atoms with E-state index in [0.29, 0.717) is 31.0 Å². The van der Waals surface area contributed by atoms with Gasteiger partial charge >= 0.3 is 6.03 Å². The average Bonchev–Trinajstić information content (AvgIpc) is 3.28. The molecule has 4 aromatic rings. The van der Waals surface area contributed by atoms with Gasteiger partial charge in [-0.3, -0.25) is 10.2 Å². The molecule has 180 valence electrons. The second kappa shape index (κ2) is 12.1. The molecule has 35 heavy (non-hydrogen) atoms. The third kappa shape index (κ3) is 7.09. The van der Waals surface area contributed by atoms with Crippen LogP contribution >= 0.6 is 11.6 Å². The van der Waals surface area contributed by atoms with Gasteiger partial charge in [0.05, 0.1) is 0 Å². The smallest absolute Gasteiger partial charge is 0.329 e. The number of aromatic nitrogens is 1. The normalized spacial score (nSPS) is 11.7. The van der Waals surface area contributed by atoms with Crippen LogP contribution in [-0.4, -0.2) is 29.5 Å². The second-order valence-corrected chi connectivity index (χ2v) is 8.66. The first-order valence-corrected chi connectivity index (χ1v) is 11.9. The Balaban J connectivity index is 1.37. The van der Waals surface area contributed by atoms with Gasteiger partial charge in [0.25, 0.3) is 0 Å². The van der Waals surface area contributed by atoms with Gasteiger partial charge in [-0.15, -0.1) is 0 Å². The fraction of sp³-hybridized carbons (Fsp3) is 0.185. The Morgan fingerprint density at radius 3 is 2.43 bits per heavy atom. The van der Waals surface area contributed by atoms with E-state index < -0.39 is 12.1 Å². The lowest BCUT2D eigenvalue weighted by Gasteiger charge is -2.19. The molecule has 1 heterocycles. The zero-order valence-corrected chi connectivity index (χ0v) is 19.9. The van der Waals surface area contributed by atoms with Crippen LogP contribution in [0.15, 0.2) is 85.1 Å². The molecule has 0 saturated carbocycles. The van der Waals surface area contributed by atoms with Crippen LogP contribution in [0, 0.1) is 0 Å². The molecule has 0 aliphatic heterocycles. The van der Waals surface area contributed by atoms with Gasteiger partial charge in [0.2, 0.25) is 5.91 Å². The second-order valence-electron chi connectivity index (χ2n) is 8.22. The Bertz CT molecular complexity index is 1260. The molecule has 3 aromatic carbocycles. The minimum absolute atomic E-state index is 0.237. The van der Waals surface area contributed by atoms with Gasteiger partial charge in [0.1, 0.15) is 6.04 Å². The van der Waals surface area contributed by atoms with E-state index in [1.807, 2.05) is 72.9 Å². The fourth-order valence-electron chi connectivity index (χ4n) is 3.85. The lowest BCUT2D eigenvalue weighted by Crippen LogP contribution is -2.53. The Hall–Kier alpha value is -3.81. The average molecular weight is 490 g/mol. The van der Waals surface area contributed by atoms with E-state index in [4.69, 9.17) is 11.6 Å². The van der Waals surface area contributed by atoms with Crippen LogP contribution in [0.3, 0.4) is 0 Å². The highest BCUT2D eigenvalue weighted by Gasteiger charge is 2.22. The van der Waals surface area contributed by atoms with E-state index in [1.165, 1.54) is 0 Å². The lowest BCUT2D eigenvalue weighted by atomic mass is 10.0. The SMILES string of the molecule is O=C(NNCc1ccc(Cl)cc1)N[C@H](Cc1c[nH]c2ccccc12)C(=O)NCCc1ccccc1. The van der Waals surface area contributed by atoms with E-state index in [-0.39, 0.29) is 5.91 Å². The number of carbonyl (C=O) groups is 2. The van der Waals surface area contributed by atoms with Crippen molar-refractivity contribution in [3.63, 3.8) is 0 Å². The molecular weight excluding hydrogens is 462 g/mol. The number of hydrogen-bond acceptors (Lipinski definition) is 3. The summed E-state index contributed by atoms with van der Waals surface area (Å²) in [6.45, 7) is 0.895. The van der Waals surface area contributed by atoms with Gasteiger partial charge in [-0.2, -0.15) is 0 Å². The third-order valence-corrected chi connectivity index (χ3v) is 5.94.